The van der Waals surface area contributed by atoms with Gasteiger partial charge in [0.15, 0.2) is 0 Å². The monoisotopic (exact) mass is 194 g/mol. The number of amides is 1. The summed E-state index contributed by atoms with van der Waals surface area (Å²) in [7, 11) is 0. The number of nitrogens with zero attached hydrogens (tertiary/aromatic N) is 1. The van der Waals surface area contributed by atoms with Gasteiger partial charge in [0.25, 0.3) is 5.91 Å². The lowest BCUT2D eigenvalue weighted by Gasteiger charge is -2.11. The van der Waals surface area contributed by atoms with E-state index in [0.29, 0.717) is 0 Å². The molecule has 0 radical (unpaired) electrons. The van der Waals surface area contributed by atoms with E-state index in [1.54, 1.807) is 4.31 Å². The van der Waals surface area contributed by atoms with Crippen LogP contribution in [0.5, 0.6) is 0 Å². The molecule has 1 saturated heterocycles. The molecular weight excluding hydrogens is 184 g/mol. The normalized spacial score (nSPS) is 22.4. The second-order valence-corrected chi connectivity index (χ2v) is 3.68. The summed E-state index contributed by atoms with van der Waals surface area (Å²) in [5, 5.41) is 0. The first-order valence-corrected chi connectivity index (χ1v) is 4.88. The highest BCUT2D eigenvalue weighted by Gasteiger charge is 2.29. The third kappa shape index (κ3) is 1.55. The largest absolute Gasteiger partial charge is 0.272 e. The van der Waals surface area contributed by atoms with E-state index >= 15 is 0 Å². The molecule has 0 bridgehead atoms. The summed E-state index contributed by atoms with van der Waals surface area (Å²) in [5.74, 6) is 0.108. The van der Waals surface area contributed by atoms with Gasteiger partial charge in [-0.2, -0.15) is 0 Å². The maximum absolute atomic E-state index is 11.5. The van der Waals surface area contributed by atoms with Gasteiger partial charge in [-0.25, -0.2) is 9.03 Å². The number of carbonyl (C=O) groups excluding carboxylic acids is 1. The molecule has 0 spiro atoms. The minimum Gasteiger partial charge on any atom is -0.272 e. The average molecular weight is 194 g/mol. The van der Waals surface area contributed by atoms with E-state index in [1.165, 1.54) is 12.1 Å². The summed E-state index contributed by atoms with van der Waals surface area (Å²) in [6.07, 6.45) is 0. The molecule has 1 amide bonds. The van der Waals surface area contributed by atoms with Crippen LogP contribution in [0.2, 0.25) is 0 Å². The second kappa shape index (κ2) is 3.40. The topological polar surface area (TPSA) is 32.3 Å². The van der Waals surface area contributed by atoms with E-state index in [-0.39, 0.29) is 11.9 Å². The van der Waals surface area contributed by atoms with Gasteiger partial charge >= 0.3 is 0 Å². The fourth-order valence-corrected chi connectivity index (χ4v) is 1.99. The van der Waals surface area contributed by atoms with Crippen molar-refractivity contribution in [3.05, 3.63) is 30.3 Å². The molecule has 1 fully saturated rings. The SMILES string of the molecule is CC1NSN(c2ccccc2)C1=O. The minimum absolute atomic E-state index is 0.0924. The van der Waals surface area contributed by atoms with Gasteiger partial charge in [-0.05, 0) is 19.1 Å². The van der Waals surface area contributed by atoms with Crippen molar-refractivity contribution in [2.75, 3.05) is 4.31 Å². The summed E-state index contributed by atoms with van der Waals surface area (Å²) in [4.78, 5) is 11.5. The molecule has 1 N–H and O–H groups in total. The van der Waals surface area contributed by atoms with Crippen LogP contribution in [-0.2, 0) is 4.79 Å². The van der Waals surface area contributed by atoms with Crippen molar-refractivity contribution in [3.8, 4) is 0 Å². The van der Waals surface area contributed by atoms with Crippen molar-refractivity contribution >= 4 is 23.7 Å². The standard InChI is InChI=1S/C9H10N2OS/c1-7-9(12)11(13-10-7)8-5-3-2-4-6-8/h2-7,10H,1H3. The van der Waals surface area contributed by atoms with E-state index in [2.05, 4.69) is 4.72 Å². The van der Waals surface area contributed by atoms with Crippen LogP contribution in [-0.4, -0.2) is 11.9 Å². The van der Waals surface area contributed by atoms with Crippen molar-refractivity contribution in [1.29, 1.82) is 0 Å². The molecule has 3 nitrogen and oxygen atoms in total. The quantitative estimate of drug-likeness (QED) is 0.689. The Kier molecular flexibility index (Phi) is 2.24. The Morgan fingerprint density at radius 2 is 2.08 bits per heavy atom. The number of hydrogen-bond acceptors (Lipinski definition) is 3. The van der Waals surface area contributed by atoms with Gasteiger partial charge in [-0.1, -0.05) is 18.2 Å². The molecule has 68 valence electrons. The first kappa shape index (κ1) is 8.59. The van der Waals surface area contributed by atoms with E-state index < -0.39 is 0 Å². The second-order valence-electron chi connectivity index (χ2n) is 2.90. The number of nitrogens with one attached hydrogen (secondary N) is 1. The number of anilines is 1. The molecule has 1 aromatic carbocycles. The van der Waals surface area contributed by atoms with Crippen molar-refractivity contribution in [2.24, 2.45) is 0 Å². The lowest BCUT2D eigenvalue weighted by Crippen LogP contribution is -2.27. The lowest BCUT2D eigenvalue weighted by atomic mass is 10.3. The Balaban J connectivity index is 2.24. The molecule has 0 aromatic heterocycles. The average Bonchev–Trinajstić information content (AvgIpc) is 2.49. The molecule has 0 aliphatic carbocycles. The zero-order valence-electron chi connectivity index (χ0n) is 7.23. The molecule has 1 aromatic rings. The van der Waals surface area contributed by atoms with Crippen LogP contribution in [0.15, 0.2) is 30.3 Å². The molecule has 2 rings (SSSR count). The molecule has 1 unspecified atom stereocenters. The van der Waals surface area contributed by atoms with Crippen LogP contribution in [0.25, 0.3) is 0 Å². The van der Waals surface area contributed by atoms with Gasteiger partial charge in [-0.15, -0.1) is 0 Å². The van der Waals surface area contributed by atoms with Crippen molar-refractivity contribution in [1.82, 2.24) is 4.72 Å². The smallest absolute Gasteiger partial charge is 0.255 e. The summed E-state index contributed by atoms with van der Waals surface area (Å²) < 4.78 is 4.68. The van der Waals surface area contributed by atoms with Crippen LogP contribution in [0.1, 0.15) is 6.92 Å². The zero-order valence-corrected chi connectivity index (χ0v) is 8.04. The van der Waals surface area contributed by atoms with Crippen molar-refractivity contribution in [2.45, 2.75) is 13.0 Å². The van der Waals surface area contributed by atoms with Crippen molar-refractivity contribution < 1.29 is 4.79 Å². The summed E-state index contributed by atoms with van der Waals surface area (Å²) in [6, 6.07) is 9.53. The first-order valence-electron chi connectivity index (χ1n) is 4.10. The van der Waals surface area contributed by atoms with Crippen LogP contribution < -0.4 is 9.03 Å². The molecule has 0 saturated carbocycles. The van der Waals surface area contributed by atoms with E-state index in [4.69, 9.17) is 0 Å². The fraction of sp³-hybridized carbons (Fsp3) is 0.222. The van der Waals surface area contributed by atoms with E-state index in [0.717, 1.165) is 5.69 Å². The van der Waals surface area contributed by atoms with Crippen LogP contribution in [0.4, 0.5) is 5.69 Å². The summed E-state index contributed by atoms with van der Waals surface area (Å²) >= 11 is 1.35. The molecule has 1 atom stereocenters. The molecule has 13 heavy (non-hydrogen) atoms. The van der Waals surface area contributed by atoms with Gasteiger partial charge in [0, 0.05) is 12.1 Å². The number of benzene rings is 1. The Morgan fingerprint density at radius 3 is 2.62 bits per heavy atom. The first-order chi connectivity index (χ1) is 6.29. The summed E-state index contributed by atoms with van der Waals surface area (Å²) in [5.41, 5.74) is 0.925. The lowest BCUT2D eigenvalue weighted by molar-refractivity contribution is -0.117. The Hall–Kier alpha value is -1.00. The predicted molar refractivity (Wildman–Crippen MR) is 54.1 cm³/mol. The summed E-state index contributed by atoms with van der Waals surface area (Å²) in [6.45, 7) is 1.86. The maximum atomic E-state index is 11.5. The van der Waals surface area contributed by atoms with Gasteiger partial charge in [-0.3, -0.25) is 4.79 Å². The Bertz CT molecular complexity index is 315. The molecule has 1 aliphatic rings. The highest BCUT2D eigenvalue weighted by molar-refractivity contribution is 8.00. The van der Waals surface area contributed by atoms with Gasteiger partial charge in [0.1, 0.15) is 0 Å². The Morgan fingerprint density at radius 1 is 1.38 bits per heavy atom. The van der Waals surface area contributed by atoms with Crippen LogP contribution in [0.3, 0.4) is 0 Å². The zero-order chi connectivity index (χ0) is 9.26. The fourth-order valence-electron chi connectivity index (χ4n) is 1.15. The van der Waals surface area contributed by atoms with Crippen molar-refractivity contribution in [3.63, 3.8) is 0 Å². The van der Waals surface area contributed by atoms with Gasteiger partial charge in [0.2, 0.25) is 0 Å². The van der Waals surface area contributed by atoms with E-state index in [9.17, 15) is 4.79 Å². The third-order valence-corrected chi connectivity index (χ3v) is 2.91. The van der Waals surface area contributed by atoms with Gasteiger partial charge in [0.05, 0.1) is 11.7 Å². The highest BCUT2D eigenvalue weighted by Crippen LogP contribution is 2.26. The number of carbonyl (C=O) groups is 1. The van der Waals surface area contributed by atoms with E-state index in [1.807, 2.05) is 37.3 Å². The molecule has 1 aliphatic heterocycles. The maximum Gasteiger partial charge on any atom is 0.255 e. The third-order valence-electron chi connectivity index (χ3n) is 1.88. The Labute approximate surface area is 81.4 Å². The molecule has 4 heteroatoms. The minimum atomic E-state index is -0.0924. The molecule has 1 heterocycles. The number of rotatable bonds is 1. The number of para-hydroxylation sites is 1. The number of hydrogen-bond donors (Lipinski definition) is 1. The highest BCUT2D eigenvalue weighted by atomic mass is 32.2. The van der Waals surface area contributed by atoms with Crippen LogP contribution in [0, 0.1) is 0 Å². The van der Waals surface area contributed by atoms with Crippen LogP contribution >= 0.6 is 12.1 Å². The van der Waals surface area contributed by atoms with Gasteiger partial charge < -0.3 is 0 Å². The predicted octanol–water partition coefficient (Wildman–Crippen LogP) is 1.57. The molecular formula is C9H10N2OS.